The van der Waals surface area contributed by atoms with Gasteiger partial charge in [-0.2, -0.15) is 11.1 Å². The van der Waals surface area contributed by atoms with E-state index < -0.39 is 32.3 Å². The molecule has 0 saturated carbocycles. The van der Waals surface area contributed by atoms with Crippen LogP contribution in [0.3, 0.4) is 0 Å². The molecular formula is C22H62Cl2N4O6Si4. The highest BCUT2D eigenvalue weighted by molar-refractivity contribution is 7.18. The fourth-order valence-corrected chi connectivity index (χ4v) is 7.10. The van der Waals surface area contributed by atoms with Crippen LogP contribution in [0.15, 0.2) is 0 Å². The zero-order chi connectivity index (χ0) is 29.4. The molecule has 0 aliphatic heterocycles. The molecule has 0 spiro atoms. The quantitative estimate of drug-likeness (QED) is 0.0539. The molecule has 0 fully saturated rings. The minimum absolute atomic E-state index is 0. The molecule has 0 radical (unpaired) electrons. The van der Waals surface area contributed by atoms with Crippen LogP contribution in [0.4, 0.5) is 0 Å². The summed E-state index contributed by atoms with van der Waals surface area (Å²) < 4.78 is 10.5. The Bertz CT molecular complexity index is 481. The van der Waals surface area contributed by atoms with Crippen molar-refractivity contribution in [3.05, 3.63) is 0 Å². The van der Waals surface area contributed by atoms with Crippen LogP contribution in [0.25, 0.3) is 0 Å². The lowest BCUT2D eigenvalue weighted by atomic mass is 10.5. The molecule has 10 nitrogen and oxygen atoms in total. The van der Waals surface area contributed by atoms with Gasteiger partial charge in [0.15, 0.2) is 0 Å². The first-order valence-corrected chi connectivity index (χ1v) is 26.3. The number of halogens is 2. The van der Waals surface area contributed by atoms with Gasteiger partial charge in [0.05, 0.1) is 24.9 Å². The van der Waals surface area contributed by atoms with Crippen molar-refractivity contribution in [2.45, 2.75) is 64.2 Å². The maximum Gasteiger partial charge on any atom is 0.242 e. The average Bonchev–Trinajstić information content (AvgIpc) is 2.83. The minimum atomic E-state index is -2.25. The standard InChI is InChI=1S/C11H30N2O3Si2.C8H22N2O3Si.C3H9ClSi.ClH/c1-16-18(10-14,11-15)9-5-6-12-7-8-13-17(2,3)4;1-13-14(7-11,8-12)6-2-4-10-5-3-9;1-5(2,3)4;/h12-15H,5-11H2,1-4H3;10-12H,2-9H2,1H3;1-3H3;1H. The Hall–Kier alpha value is 1.05. The largest absolute Gasteiger partial charge is 0.415 e. The molecule has 0 bridgehead atoms. The van der Waals surface area contributed by atoms with Gasteiger partial charge in [0, 0.05) is 40.4 Å². The summed E-state index contributed by atoms with van der Waals surface area (Å²) >= 11 is 5.67. The summed E-state index contributed by atoms with van der Waals surface area (Å²) in [4.78, 5) is 3.54. The smallest absolute Gasteiger partial charge is 0.242 e. The van der Waals surface area contributed by atoms with Gasteiger partial charge in [0.1, 0.15) is 15.6 Å². The zero-order valence-corrected chi connectivity index (χ0v) is 30.9. The summed E-state index contributed by atoms with van der Waals surface area (Å²) in [6.07, 6.45) is 1.80. The van der Waals surface area contributed by atoms with E-state index in [9.17, 15) is 10.2 Å². The highest BCUT2D eigenvalue weighted by atomic mass is 35.6. The van der Waals surface area contributed by atoms with Crippen molar-refractivity contribution < 1.29 is 29.3 Å². The number of aliphatic hydroxyl groups is 4. The number of hydrogen-bond donors (Lipinski definition) is 8. The highest BCUT2D eigenvalue weighted by Crippen LogP contribution is 2.12. The Morgan fingerprint density at radius 2 is 1.00 bits per heavy atom. The van der Waals surface area contributed by atoms with E-state index in [2.05, 4.69) is 54.9 Å². The molecular weight excluding hydrogens is 600 g/mol. The van der Waals surface area contributed by atoms with Crippen LogP contribution in [0.5, 0.6) is 0 Å². The summed E-state index contributed by atoms with van der Waals surface area (Å²) in [5.41, 5.74) is 5.32. The Labute approximate surface area is 248 Å². The first-order valence-electron chi connectivity index (χ1n) is 13.2. The van der Waals surface area contributed by atoms with E-state index in [-0.39, 0.29) is 37.3 Å². The Morgan fingerprint density at radius 1 is 0.658 bits per heavy atom. The molecule has 0 aliphatic rings. The van der Waals surface area contributed by atoms with E-state index in [1.807, 2.05) is 0 Å². The Balaban J connectivity index is -0.000000257. The summed E-state index contributed by atoms with van der Waals surface area (Å²) in [6.45, 7) is 18.3. The van der Waals surface area contributed by atoms with Gasteiger partial charge in [-0.3, -0.25) is 0 Å². The lowest BCUT2D eigenvalue weighted by molar-refractivity contribution is 0.252. The molecule has 0 saturated heterocycles. The molecule has 0 aromatic rings. The molecule has 0 rings (SSSR count). The summed E-state index contributed by atoms with van der Waals surface area (Å²) in [5.74, 6) is 0. The van der Waals surface area contributed by atoms with Crippen LogP contribution in [0, 0.1) is 0 Å². The molecule has 0 aromatic carbocycles. The van der Waals surface area contributed by atoms with Crippen molar-refractivity contribution in [2.24, 2.45) is 5.73 Å². The van der Waals surface area contributed by atoms with Gasteiger partial charge in [-0.15, -0.1) is 12.4 Å². The van der Waals surface area contributed by atoms with Crippen LogP contribution in [0.2, 0.25) is 51.4 Å². The summed E-state index contributed by atoms with van der Waals surface area (Å²) in [7, 11) is -3.62. The Kier molecular flexibility index (Phi) is 32.6. The predicted octanol–water partition coefficient (Wildman–Crippen LogP) is 1.11. The average molecular weight is 662 g/mol. The van der Waals surface area contributed by atoms with Crippen LogP contribution >= 0.6 is 23.5 Å². The maximum absolute atomic E-state index is 9.26. The third kappa shape index (κ3) is 31.6. The zero-order valence-electron chi connectivity index (χ0n) is 25.4. The molecule has 0 aliphatic carbocycles. The van der Waals surface area contributed by atoms with E-state index in [0.29, 0.717) is 6.54 Å². The first kappa shape index (κ1) is 46.0. The normalized spacial score (nSPS) is 12.2. The van der Waals surface area contributed by atoms with Crippen molar-refractivity contribution in [2.75, 3.05) is 78.4 Å². The summed E-state index contributed by atoms with van der Waals surface area (Å²) in [5, 5.41) is 43.3. The maximum atomic E-state index is 9.26. The molecule has 0 heterocycles. The van der Waals surface area contributed by atoms with E-state index >= 15 is 0 Å². The van der Waals surface area contributed by atoms with E-state index in [1.54, 1.807) is 14.2 Å². The highest BCUT2D eigenvalue weighted by Gasteiger charge is 2.32. The molecule has 16 heteroatoms. The second kappa shape index (κ2) is 26.9. The van der Waals surface area contributed by atoms with E-state index in [1.165, 1.54) is 0 Å². The van der Waals surface area contributed by atoms with Crippen molar-refractivity contribution in [3.8, 4) is 0 Å². The molecule has 9 N–H and O–H groups in total. The summed E-state index contributed by atoms with van der Waals surface area (Å²) in [6, 6.07) is 1.57. The Morgan fingerprint density at radius 3 is 1.26 bits per heavy atom. The monoisotopic (exact) mass is 660 g/mol. The van der Waals surface area contributed by atoms with Crippen LogP contribution in [-0.4, -0.2) is 131 Å². The SMILES string of the molecule is CO[Si](CO)(CO)CCCNCCN.CO[Si](CO)(CO)CCCNCCN[Si](C)(C)C.C[Si](C)(C)Cl.Cl. The van der Waals surface area contributed by atoms with Crippen molar-refractivity contribution in [1.82, 2.24) is 15.6 Å². The van der Waals surface area contributed by atoms with Crippen LogP contribution < -0.4 is 21.3 Å². The number of rotatable bonds is 20. The molecule has 0 unspecified atom stereocenters. The second-order valence-corrected chi connectivity index (χ2v) is 31.3. The van der Waals surface area contributed by atoms with E-state index in [0.717, 1.165) is 57.7 Å². The number of nitrogens with one attached hydrogen (secondary N) is 3. The lowest BCUT2D eigenvalue weighted by Gasteiger charge is -2.25. The molecule has 0 atom stereocenters. The van der Waals surface area contributed by atoms with E-state index in [4.69, 9.17) is 35.9 Å². The molecule has 38 heavy (non-hydrogen) atoms. The van der Waals surface area contributed by atoms with Gasteiger partial charge in [0.25, 0.3) is 0 Å². The number of nitrogens with two attached hydrogens (primary N) is 1. The fourth-order valence-electron chi connectivity index (χ4n) is 2.83. The van der Waals surface area contributed by atoms with Gasteiger partial charge in [-0.25, -0.2) is 0 Å². The number of hydrogen-bond acceptors (Lipinski definition) is 10. The van der Waals surface area contributed by atoms with Crippen molar-refractivity contribution in [1.29, 1.82) is 0 Å². The fraction of sp³-hybridized carbons (Fsp3) is 1.00. The molecule has 0 amide bonds. The third-order valence-electron chi connectivity index (χ3n) is 5.27. The third-order valence-corrected chi connectivity index (χ3v) is 13.1. The van der Waals surface area contributed by atoms with Crippen LogP contribution in [0.1, 0.15) is 12.8 Å². The molecule has 236 valence electrons. The van der Waals surface area contributed by atoms with Crippen molar-refractivity contribution >= 4 is 55.7 Å². The van der Waals surface area contributed by atoms with Gasteiger partial charge in [-0.05, 0) is 38.0 Å². The van der Waals surface area contributed by atoms with Gasteiger partial charge >= 0.3 is 0 Å². The second-order valence-electron chi connectivity index (χ2n) is 11.1. The predicted molar refractivity (Wildman–Crippen MR) is 175 cm³/mol. The lowest BCUT2D eigenvalue weighted by Crippen LogP contribution is -2.47. The number of aliphatic hydroxyl groups excluding tert-OH is 4. The van der Waals surface area contributed by atoms with Gasteiger partial charge in [-0.1, -0.05) is 39.3 Å². The van der Waals surface area contributed by atoms with Gasteiger partial charge < -0.3 is 50.6 Å². The van der Waals surface area contributed by atoms with Gasteiger partial charge in [0.2, 0.25) is 16.6 Å². The van der Waals surface area contributed by atoms with Crippen molar-refractivity contribution in [3.63, 3.8) is 0 Å². The topological polar surface area (TPSA) is 161 Å². The molecule has 0 aromatic heterocycles. The first-order chi connectivity index (χ1) is 17.1. The minimum Gasteiger partial charge on any atom is -0.415 e. The van der Waals surface area contributed by atoms with Crippen LogP contribution in [-0.2, 0) is 8.85 Å².